The highest BCUT2D eigenvalue weighted by Gasteiger charge is 2.24. The zero-order valence-corrected chi connectivity index (χ0v) is 12.6. The van der Waals surface area contributed by atoms with Crippen LogP contribution in [-0.2, 0) is 19.5 Å². The largest absolute Gasteiger partial charge is 0.496 e. The molecule has 0 saturated carbocycles. The number of rotatable bonds is 5. The molecule has 0 amide bonds. The van der Waals surface area contributed by atoms with E-state index < -0.39 is 0 Å². The van der Waals surface area contributed by atoms with E-state index in [1.807, 2.05) is 7.05 Å². The molecular weight excluding hydrogens is 236 g/mol. The smallest absolute Gasteiger partial charge is 0.123 e. The monoisotopic (exact) mass is 262 g/mol. The second-order valence-corrected chi connectivity index (χ2v) is 5.29. The normalized spacial score (nSPS) is 19.3. The molecule has 1 heterocycles. The number of fused-ring (bicyclic) bond motifs is 1. The minimum atomic E-state index is 0.688. The summed E-state index contributed by atoms with van der Waals surface area (Å²) >= 11 is 0. The van der Waals surface area contributed by atoms with Gasteiger partial charge in [-0.25, -0.2) is 0 Å². The van der Waals surface area contributed by atoms with Gasteiger partial charge in [-0.2, -0.15) is 0 Å². The average molecular weight is 262 g/mol. The van der Waals surface area contributed by atoms with Gasteiger partial charge in [0, 0.05) is 24.7 Å². The van der Waals surface area contributed by atoms with E-state index in [1.165, 1.54) is 29.5 Å². The first-order chi connectivity index (χ1) is 9.23. The molecule has 0 aliphatic carbocycles. The Hall–Kier alpha value is -1.06. The lowest BCUT2D eigenvalue weighted by atomic mass is 9.90. The number of methoxy groups -OCH3 is 1. The van der Waals surface area contributed by atoms with Gasteiger partial charge >= 0.3 is 0 Å². The van der Waals surface area contributed by atoms with Crippen LogP contribution in [0.5, 0.6) is 5.75 Å². The molecule has 3 heteroatoms. The number of hydrogen-bond acceptors (Lipinski definition) is 3. The van der Waals surface area contributed by atoms with Crippen molar-refractivity contribution in [3.63, 3.8) is 0 Å². The molecule has 2 rings (SSSR count). The standard InChI is InChI=1S/C16H26N2O/c1-5-15-8-12-7-13(10-17-3)16(19-4)9-14(12)11-18(15)6-2/h7,9,15,17H,5-6,8,10-11H2,1-4H3. The number of benzene rings is 1. The van der Waals surface area contributed by atoms with Gasteiger partial charge in [-0.15, -0.1) is 0 Å². The molecule has 0 bridgehead atoms. The van der Waals surface area contributed by atoms with Crippen molar-refractivity contribution in [1.29, 1.82) is 0 Å². The molecule has 0 aromatic heterocycles. The van der Waals surface area contributed by atoms with E-state index in [2.05, 4.69) is 36.2 Å². The topological polar surface area (TPSA) is 24.5 Å². The van der Waals surface area contributed by atoms with E-state index in [1.54, 1.807) is 7.11 Å². The second-order valence-electron chi connectivity index (χ2n) is 5.29. The zero-order chi connectivity index (χ0) is 13.8. The van der Waals surface area contributed by atoms with Gasteiger partial charge in [-0.3, -0.25) is 4.90 Å². The Morgan fingerprint density at radius 1 is 1.32 bits per heavy atom. The first-order valence-corrected chi connectivity index (χ1v) is 7.30. The first kappa shape index (κ1) is 14.4. The lowest BCUT2D eigenvalue weighted by molar-refractivity contribution is 0.176. The van der Waals surface area contributed by atoms with Crippen molar-refractivity contribution in [2.45, 2.75) is 45.8 Å². The molecule has 1 N–H and O–H groups in total. The van der Waals surface area contributed by atoms with Gasteiger partial charge in [-0.1, -0.05) is 19.9 Å². The fraction of sp³-hybridized carbons (Fsp3) is 0.625. The van der Waals surface area contributed by atoms with Gasteiger partial charge in [0.25, 0.3) is 0 Å². The minimum Gasteiger partial charge on any atom is -0.496 e. The highest BCUT2D eigenvalue weighted by atomic mass is 16.5. The van der Waals surface area contributed by atoms with Crippen molar-refractivity contribution in [3.05, 3.63) is 28.8 Å². The Morgan fingerprint density at radius 3 is 2.68 bits per heavy atom. The Morgan fingerprint density at radius 2 is 2.11 bits per heavy atom. The van der Waals surface area contributed by atoms with Crippen LogP contribution in [0, 0.1) is 0 Å². The predicted molar refractivity (Wildman–Crippen MR) is 79.6 cm³/mol. The van der Waals surface area contributed by atoms with Crippen LogP contribution in [0.1, 0.15) is 37.0 Å². The molecule has 19 heavy (non-hydrogen) atoms. The summed E-state index contributed by atoms with van der Waals surface area (Å²) in [5, 5.41) is 3.22. The number of ether oxygens (including phenoxy) is 1. The third-order valence-electron chi connectivity index (χ3n) is 4.19. The van der Waals surface area contributed by atoms with Crippen molar-refractivity contribution in [3.8, 4) is 5.75 Å². The molecule has 1 atom stereocenters. The number of likely N-dealkylation sites (N-methyl/N-ethyl adjacent to an activating group) is 1. The Bertz CT molecular complexity index is 431. The predicted octanol–water partition coefficient (Wildman–Crippen LogP) is 2.57. The van der Waals surface area contributed by atoms with Crippen molar-refractivity contribution >= 4 is 0 Å². The van der Waals surface area contributed by atoms with Crippen molar-refractivity contribution in [2.75, 3.05) is 20.7 Å². The summed E-state index contributed by atoms with van der Waals surface area (Å²) in [7, 11) is 3.74. The average Bonchev–Trinajstić information content (AvgIpc) is 2.45. The van der Waals surface area contributed by atoms with Crippen LogP contribution in [0.3, 0.4) is 0 Å². The molecule has 1 aromatic carbocycles. The maximum atomic E-state index is 5.53. The van der Waals surface area contributed by atoms with Crippen molar-refractivity contribution < 1.29 is 4.74 Å². The van der Waals surface area contributed by atoms with Gasteiger partial charge in [0.2, 0.25) is 0 Å². The highest BCUT2D eigenvalue weighted by Crippen LogP contribution is 2.30. The zero-order valence-electron chi connectivity index (χ0n) is 12.6. The Labute approximate surface area is 116 Å². The number of nitrogens with one attached hydrogen (secondary N) is 1. The van der Waals surface area contributed by atoms with Crippen LogP contribution in [0.25, 0.3) is 0 Å². The summed E-state index contributed by atoms with van der Waals surface area (Å²) < 4.78 is 5.53. The van der Waals surface area contributed by atoms with E-state index in [4.69, 9.17) is 4.74 Å². The molecule has 106 valence electrons. The quantitative estimate of drug-likeness (QED) is 0.882. The van der Waals surface area contributed by atoms with Crippen LogP contribution in [-0.4, -0.2) is 31.6 Å². The molecule has 1 unspecified atom stereocenters. The molecule has 0 spiro atoms. The summed E-state index contributed by atoms with van der Waals surface area (Å²) in [5.74, 6) is 1.01. The lowest BCUT2D eigenvalue weighted by Gasteiger charge is -2.36. The fourth-order valence-corrected chi connectivity index (χ4v) is 3.08. The summed E-state index contributed by atoms with van der Waals surface area (Å²) in [5.41, 5.74) is 4.20. The molecule has 0 fully saturated rings. The Kier molecular flexibility index (Phi) is 4.83. The Balaban J connectivity index is 2.34. The van der Waals surface area contributed by atoms with Crippen LogP contribution < -0.4 is 10.1 Å². The van der Waals surface area contributed by atoms with Gasteiger partial charge in [-0.05, 0) is 43.6 Å². The van der Waals surface area contributed by atoms with Gasteiger partial charge in [0.15, 0.2) is 0 Å². The maximum absolute atomic E-state index is 5.53. The van der Waals surface area contributed by atoms with E-state index >= 15 is 0 Å². The molecule has 0 saturated heterocycles. The molecule has 0 radical (unpaired) electrons. The van der Waals surface area contributed by atoms with E-state index in [0.717, 1.165) is 25.4 Å². The number of nitrogens with zero attached hydrogens (tertiary/aromatic N) is 1. The van der Waals surface area contributed by atoms with Gasteiger partial charge < -0.3 is 10.1 Å². The highest BCUT2D eigenvalue weighted by molar-refractivity contribution is 5.44. The summed E-state index contributed by atoms with van der Waals surface area (Å²) in [4.78, 5) is 2.57. The first-order valence-electron chi connectivity index (χ1n) is 7.30. The molecule has 1 aliphatic rings. The van der Waals surface area contributed by atoms with Crippen molar-refractivity contribution in [2.24, 2.45) is 0 Å². The van der Waals surface area contributed by atoms with Crippen LogP contribution in [0.15, 0.2) is 12.1 Å². The van der Waals surface area contributed by atoms with Crippen LogP contribution >= 0.6 is 0 Å². The molecule has 1 aromatic rings. The van der Waals surface area contributed by atoms with Gasteiger partial charge in [0.1, 0.15) is 5.75 Å². The SMILES string of the molecule is CCC1Cc2cc(CNC)c(OC)cc2CN1CC. The summed E-state index contributed by atoms with van der Waals surface area (Å²) in [6, 6.07) is 5.25. The summed E-state index contributed by atoms with van der Waals surface area (Å²) in [6.45, 7) is 7.58. The number of hydrogen-bond donors (Lipinski definition) is 1. The van der Waals surface area contributed by atoms with Crippen LogP contribution in [0.2, 0.25) is 0 Å². The van der Waals surface area contributed by atoms with E-state index in [-0.39, 0.29) is 0 Å². The lowest BCUT2D eigenvalue weighted by Crippen LogP contribution is -2.39. The minimum absolute atomic E-state index is 0.688. The van der Waals surface area contributed by atoms with E-state index in [9.17, 15) is 0 Å². The summed E-state index contributed by atoms with van der Waals surface area (Å²) in [6.07, 6.45) is 2.39. The second kappa shape index (κ2) is 6.40. The van der Waals surface area contributed by atoms with Crippen molar-refractivity contribution in [1.82, 2.24) is 10.2 Å². The molecular formula is C16H26N2O. The third-order valence-corrected chi connectivity index (χ3v) is 4.19. The van der Waals surface area contributed by atoms with Crippen LogP contribution in [0.4, 0.5) is 0 Å². The molecule has 1 aliphatic heterocycles. The maximum Gasteiger partial charge on any atom is 0.123 e. The van der Waals surface area contributed by atoms with E-state index in [0.29, 0.717) is 6.04 Å². The fourth-order valence-electron chi connectivity index (χ4n) is 3.08. The molecule has 3 nitrogen and oxygen atoms in total. The van der Waals surface area contributed by atoms with Gasteiger partial charge in [0.05, 0.1) is 7.11 Å². The third kappa shape index (κ3) is 2.93.